The van der Waals surface area contributed by atoms with Crippen LogP contribution in [0.15, 0.2) is 0 Å². The molecule has 2 fully saturated rings. The number of likely N-dealkylation sites (N-methyl/N-ethyl adjacent to an activating group) is 2. The lowest BCUT2D eigenvalue weighted by Crippen LogP contribution is -2.41. The van der Waals surface area contributed by atoms with Gasteiger partial charge in [0.05, 0.1) is 6.54 Å². The Morgan fingerprint density at radius 1 is 0.970 bits per heavy atom. The number of rotatable bonds is 0. The second-order valence-electron chi connectivity index (χ2n) is 8.08. The fourth-order valence-electron chi connectivity index (χ4n) is 2.37. The van der Waals surface area contributed by atoms with Crippen LogP contribution in [0.2, 0.25) is 0 Å². The molecule has 3 amide bonds. The van der Waals surface area contributed by atoms with E-state index in [1.807, 2.05) is 27.8 Å². The zero-order valence-corrected chi connectivity index (χ0v) is 18.8. The van der Waals surface area contributed by atoms with E-state index in [1.165, 1.54) is 4.90 Å². The molecule has 0 radical (unpaired) electrons. The van der Waals surface area contributed by atoms with Crippen molar-refractivity contribution < 1.29 is 37.1 Å². The van der Waals surface area contributed by atoms with Crippen LogP contribution in [0.25, 0.3) is 0 Å². The average Bonchev–Trinajstić information content (AvgIpc) is 2.93. The molecule has 33 heavy (non-hydrogen) atoms. The summed E-state index contributed by atoms with van der Waals surface area (Å²) in [6.07, 6.45) is -4.24. The summed E-state index contributed by atoms with van der Waals surface area (Å²) in [5.41, 5.74) is -0.516. The second-order valence-corrected chi connectivity index (χ2v) is 8.08. The van der Waals surface area contributed by atoms with Gasteiger partial charge in [0.2, 0.25) is 18.1 Å². The average molecular weight is 487 g/mol. The van der Waals surface area contributed by atoms with Crippen molar-refractivity contribution >= 4 is 24.2 Å². The number of nitrogens with zero attached hydrogens (tertiary/aromatic N) is 3. The number of hydrogen-bond acceptors (Lipinski definition) is 6. The maximum absolute atomic E-state index is 11.8. The molecular weight excluding hydrogens is 445 g/mol. The third-order valence-corrected chi connectivity index (χ3v) is 4.01. The molecule has 196 valence electrons. The first-order chi connectivity index (χ1) is 14.2. The van der Waals surface area contributed by atoms with Gasteiger partial charge in [-0.1, -0.05) is 14.9 Å². The number of amides is 3. The summed E-state index contributed by atoms with van der Waals surface area (Å²) < 4.78 is 36.5. The highest BCUT2D eigenvalue weighted by molar-refractivity contribution is 5.82. The zero-order valence-electron chi connectivity index (χ0n) is 18.8. The molecule has 2 saturated heterocycles. The van der Waals surface area contributed by atoms with Gasteiger partial charge in [-0.25, -0.2) is 4.79 Å². The quantitative estimate of drug-likeness (QED) is 0.529. The monoisotopic (exact) mass is 486 g/mol. The lowest BCUT2D eigenvalue weighted by atomic mass is 10.2. The van der Waals surface area contributed by atoms with Gasteiger partial charge in [-0.3, -0.25) is 19.3 Å². The molecule has 0 aliphatic carbocycles. The van der Waals surface area contributed by atoms with Crippen LogP contribution in [0.3, 0.4) is 0 Å². The molecule has 0 aromatic heterocycles. The Morgan fingerprint density at radius 3 is 1.94 bits per heavy atom. The van der Waals surface area contributed by atoms with E-state index in [1.54, 1.807) is 16.8 Å². The number of aldehydes is 1. The molecule has 9 nitrogen and oxygen atoms in total. The third kappa shape index (κ3) is 17.8. The second kappa shape index (κ2) is 16.3. The third-order valence-electron chi connectivity index (χ3n) is 4.01. The van der Waals surface area contributed by atoms with Crippen molar-refractivity contribution in [2.24, 2.45) is 0 Å². The largest absolute Gasteiger partial charge is 0.446 e. The van der Waals surface area contributed by atoms with Gasteiger partial charge in [-0.15, -0.1) is 0 Å². The van der Waals surface area contributed by atoms with Gasteiger partial charge in [0.1, 0.15) is 12.1 Å². The smallest absolute Gasteiger partial charge is 0.444 e. The highest BCUT2D eigenvalue weighted by Crippen LogP contribution is 2.12. The van der Waals surface area contributed by atoms with Crippen molar-refractivity contribution in [2.45, 2.75) is 60.2 Å². The predicted molar refractivity (Wildman–Crippen MR) is 121 cm³/mol. The van der Waals surface area contributed by atoms with E-state index in [2.05, 4.69) is 5.32 Å². The van der Waals surface area contributed by atoms with Crippen LogP contribution >= 0.6 is 0 Å². The topological polar surface area (TPSA) is 99.3 Å². The van der Waals surface area contributed by atoms with E-state index in [0.29, 0.717) is 19.6 Å². The lowest BCUT2D eigenvalue weighted by molar-refractivity contribution is -0.156. The van der Waals surface area contributed by atoms with Gasteiger partial charge in [0.15, 0.2) is 0 Å². The molecule has 0 saturated carbocycles. The Morgan fingerprint density at radius 2 is 1.45 bits per heavy atom. The molecular formula is C21H41F3N4O5. The molecule has 2 aliphatic heterocycles. The van der Waals surface area contributed by atoms with Gasteiger partial charge >= 0.3 is 12.3 Å². The van der Waals surface area contributed by atoms with E-state index < -0.39 is 24.2 Å². The number of alkyl halides is 3. The molecule has 0 aromatic rings. The first-order valence-corrected chi connectivity index (χ1v) is 9.86. The molecule has 0 aromatic carbocycles. The molecule has 2 heterocycles. The first-order valence-electron chi connectivity index (χ1n) is 9.86. The fraction of sp³-hybridized carbons (Fsp3) is 0.810. The SMILES string of the molecule is C.C.CN1CCCN(C(=O)OC(C)(C)C)CC1=O.CN1CCCNCC1=O.O=CC(F)(F)F. The van der Waals surface area contributed by atoms with Gasteiger partial charge in [0, 0.05) is 33.7 Å². The van der Waals surface area contributed by atoms with E-state index in [9.17, 15) is 27.6 Å². The van der Waals surface area contributed by atoms with E-state index in [0.717, 1.165) is 25.9 Å². The first kappa shape index (κ1) is 35.2. The van der Waals surface area contributed by atoms with E-state index >= 15 is 0 Å². The molecule has 2 aliphatic rings. The van der Waals surface area contributed by atoms with Crippen LogP contribution in [0, 0.1) is 0 Å². The highest BCUT2D eigenvalue weighted by Gasteiger charge is 2.27. The highest BCUT2D eigenvalue weighted by atomic mass is 19.4. The van der Waals surface area contributed by atoms with Crippen molar-refractivity contribution in [3.63, 3.8) is 0 Å². The van der Waals surface area contributed by atoms with Crippen LogP contribution in [0.1, 0.15) is 48.5 Å². The predicted octanol–water partition coefficient (Wildman–Crippen LogP) is 2.54. The molecule has 0 bridgehead atoms. The van der Waals surface area contributed by atoms with Crippen LogP contribution in [-0.4, -0.2) is 104 Å². The summed E-state index contributed by atoms with van der Waals surface area (Å²) in [5, 5.41) is 3.04. The normalized spacial score (nSPS) is 16.9. The summed E-state index contributed by atoms with van der Waals surface area (Å²) in [5.74, 6) is 0.163. The van der Waals surface area contributed by atoms with Crippen molar-refractivity contribution in [3.8, 4) is 0 Å². The van der Waals surface area contributed by atoms with Crippen LogP contribution in [0.4, 0.5) is 18.0 Å². The minimum atomic E-state index is -4.64. The number of hydrogen-bond donors (Lipinski definition) is 1. The number of carbonyl (C=O) groups excluding carboxylic acids is 4. The molecule has 0 spiro atoms. The van der Waals surface area contributed by atoms with Gasteiger partial charge < -0.3 is 19.9 Å². The van der Waals surface area contributed by atoms with Gasteiger partial charge in [-0.05, 0) is 40.2 Å². The molecule has 0 unspecified atom stereocenters. The maximum atomic E-state index is 11.8. The summed E-state index contributed by atoms with van der Waals surface area (Å²) in [6.45, 7) is 9.21. The van der Waals surface area contributed by atoms with Crippen molar-refractivity contribution in [1.29, 1.82) is 0 Å². The lowest BCUT2D eigenvalue weighted by Gasteiger charge is -2.25. The molecule has 12 heteroatoms. The number of carbonyl (C=O) groups is 4. The Kier molecular flexibility index (Phi) is 17.4. The van der Waals surface area contributed by atoms with E-state index in [-0.39, 0.29) is 33.2 Å². The van der Waals surface area contributed by atoms with Crippen LogP contribution in [0.5, 0.6) is 0 Å². The van der Waals surface area contributed by atoms with Crippen molar-refractivity contribution in [3.05, 3.63) is 0 Å². The Bertz CT molecular complexity index is 610. The van der Waals surface area contributed by atoms with Gasteiger partial charge in [-0.2, -0.15) is 13.2 Å². The molecule has 0 atom stereocenters. The summed E-state index contributed by atoms with van der Waals surface area (Å²) in [6, 6.07) is 0. The fourth-order valence-corrected chi connectivity index (χ4v) is 2.37. The Balaban J connectivity index is -0.000000450. The minimum absolute atomic E-state index is 0. The number of ether oxygens (including phenoxy) is 1. The molecule has 1 N–H and O–H groups in total. The Hall–Kier alpha value is -2.37. The number of halogens is 3. The Labute approximate surface area is 195 Å². The van der Waals surface area contributed by atoms with Crippen LogP contribution in [-0.2, 0) is 19.1 Å². The minimum Gasteiger partial charge on any atom is -0.444 e. The zero-order chi connectivity index (χ0) is 24.2. The maximum Gasteiger partial charge on any atom is 0.446 e. The summed E-state index contributed by atoms with van der Waals surface area (Å²) in [7, 11) is 3.59. The van der Waals surface area contributed by atoms with Gasteiger partial charge in [0.25, 0.3) is 0 Å². The van der Waals surface area contributed by atoms with E-state index in [4.69, 9.17) is 9.53 Å². The van der Waals surface area contributed by atoms with Crippen LogP contribution < -0.4 is 5.32 Å². The van der Waals surface area contributed by atoms with Crippen molar-refractivity contribution in [1.82, 2.24) is 20.0 Å². The summed E-state index contributed by atoms with van der Waals surface area (Å²) in [4.78, 5) is 47.8. The standard InChI is InChI=1S/C11H20N2O3.C6H12N2O.C2HF3O.2CH4/c1-11(2,3)16-10(15)13-7-5-6-12(4)9(14)8-13;1-8-4-2-3-7-5-6(8)9;3-2(4,5)1-6;;/h5-8H2,1-4H3;7H,2-5H2,1H3;1H;2*1H4. The number of nitrogens with one attached hydrogen (secondary N) is 1. The summed E-state index contributed by atoms with van der Waals surface area (Å²) >= 11 is 0. The molecule has 2 rings (SSSR count). The van der Waals surface area contributed by atoms with Crippen molar-refractivity contribution in [2.75, 3.05) is 53.4 Å².